The summed E-state index contributed by atoms with van der Waals surface area (Å²) in [5.74, 6) is 0.932. The van der Waals surface area contributed by atoms with Crippen molar-refractivity contribution in [3.05, 3.63) is 27.2 Å². The molecule has 0 heterocycles. The fourth-order valence-corrected chi connectivity index (χ4v) is 2.60. The maximum absolute atomic E-state index is 6.22. The van der Waals surface area contributed by atoms with E-state index < -0.39 is 0 Å². The molecule has 0 fully saturated rings. The normalized spacial score (nSPS) is 12.6. The van der Waals surface area contributed by atoms with Gasteiger partial charge in [0.2, 0.25) is 0 Å². The van der Waals surface area contributed by atoms with Gasteiger partial charge in [-0.3, -0.25) is 0 Å². The molecule has 0 bridgehead atoms. The first-order valence-corrected chi connectivity index (χ1v) is 6.41. The Morgan fingerprint density at radius 2 is 2.06 bits per heavy atom. The van der Waals surface area contributed by atoms with E-state index in [0.29, 0.717) is 0 Å². The number of aryl methyl sites for hydroxylation is 1. The van der Waals surface area contributed by atoms with Crippen LogP contribution in [0.4, 0.5) is 0 Å². The first kappa shape index (κ1) is 13.5. The number of nitrogens with two attached hydrogens (primary N) is 1. The molecule has 1 unspecified atom stereocenters. The molecule has 16 heavy (non-hydrogen) atoms. The predicted molar refractivity (Wildman–Crippen MR) is 72.0 cm³/mol. The number of hydrogen-bond acceptors (Lipinski definition) is 2. The Balaban J connectivity index is 3.32. The number of ether oxygens (including phenoxy) is 1. The lowest BCUT2D eigenvalue weighted by Gasteiger charge is -2.20. The highest BCUT2D eigenvalue weighted by Gasteiger charge is 2.18. The predicted octanol–water partition coefficient (Wildman–Crippen LogP) is 3.87. The highest BCUT2D eigenvalue weighted by atomic mass is 79.9. The first-order chi connectivity index (χ1) is 7.52. The van der Waals surface area contributed by atoms with Crippen molar-refractivity contribution in [1.29, 1.82) is 0 Å². The van der Waals surface area contributed by atoms with Crippen LogP contribution in [0.5, 0.6) is 5.75 Å². The Bertz CT molecular complexity index is 377. The van der Waals surface area contributed by atoms with Gasteiger partial charge in [-0.1, -0.05) is 29.3 Å². The molecule has 0 radical (unpaired) electrons. The molecular weight excluding hydrogens is 266 g/mol. The van der Waals surface area contributed by atoms with Gasteiger partial charge in [0.05, 0.1) is 7.11 Å². The minimum atomic E-state index is 0.0520. The van der Waals surface area contributed by atoms with Gasteiger partial charge in [0.25, 0.3) is 0 Å². The third-order valence-electron chi connectivity index (χ3n) is 2.88. The van der Waals surface area contributed by atoms with E-state index in [1.165, 1.54) is 5.56 Å². The van der Waals surface area contributed by atoms with Crippen molar-refractivity contribution in [2.75, 3.05) is 7.11 Å². The van der Waals surface area contributed by atoms with Crippen LogP contribution < -0.4 is 10.5 Å². The van der Waals surface area contributed by atoms with Crippen LogP contribution in [0.15, 0.2) is 10.5 Å². The Morgan fingerprint density at radius 1 is 1.44 bits per heavy atom. The van der Waals surface area contributed by atoms with Gasteiger partial charge in [-0.2, -0.15) is 0 Å². The number of rotatable bonds is 4. The van der Waals surface area contributed by atoms with Crippen LogP contribution in [-0.2, 0) is 0 Å². The van der Waals surface area contributed by atoms with Crippen LogP contribution in [0.25, 0.3) is 0 Å². The van der Waals surface area contributed by atoms with Crippen molar-refractivity contribution in [3.63, 3.8) is 0 Å². The molecule has 3 heteroatoms. The largest absolute Gasteiger partial charge is 0.496 e. The fraction of sp³-hybridized carbons (Fsp3) is 0.538. The summed E-state index contributed by atoms with van der Waals surface area (Å²) in [6.45, 7) is 6.27. The number of methoxy groups -OCH3 is 1. The topological polar surface area (TPSA) is 35.2 Å². The Labute approximate surface area is 106 Å². The monoisotopic (exact) mass is 285 g/mol. The Morgan fingerprint density at radius 3 is 2.56 bits per heavy atom. The van der Waals surface area contributed by atoms with Crippen LogP contribution in [-0.4, -0.2) is 7.11 Å². The van der Waals surface area contributed by atoms with Gasteiger partial charge in [0.15, 0.2) is 0 Å². The molecule has 1 aromatic carbocycles. The summed E-state index contributed by atoms with van der Waals surface area (Å²) in [6.07, 6.45) is 2.06. The smallest absolute Gasteiger partial charge is 0.126 e. The van der Waals surface area contributed by atoms with E-state index in [0.717, 1.165) is 34.2 Å². The van der Waals surface area contributed by atoms with Crippen LogP contribution in [0.1, 0.15) is 42.5 Å². The molecule has 90 valence electrons. The number of hydrogen-bond donors (Lipinski definition) is 1. The van der Waals surface area contributed by atoms with Crippen LogP contribution in [0, 0.1) is 13.8 Å². The van der Waals surface area contributed by atoms with Gasteiger partial charge >= 0.3 is 0 Å². The summed E-state index contributed by atoms with van der Waals surface area (Å²) in [5, 5.41) is 0. The molecule has 0 saturated heterocycles. The van der Waals surface area contributed by atoms with Crippen LogP contribution in [0.2, 0.25) is 0 Å². The third-order valence-corrected chi connectivity index (χ3v) is 3.71. The maximum atomic E-state index is 6.22. The second kappa shape index (κ2) is 5.69. The van der Waals surface area contributed by atoms with E-state index in [1.54, 1.807) is 7.11 Å². The zero-order valence-corrected chi connectivity index (χ0v) is 12.0. The average molecular weight is 286 g/mol. The van der Waals surface area contributed by atoms with E-state index in [4.69, 9.17) is 10.5 Å². The maximum Gasteiger partial charge on any atom is 0.126 e. The van der Waals surface area contributed by atoms with Crippen molar-refractivity contribution < 1.29 is 4.74 Å². The van der Waals surface area contributed by atoms with Gasteiger partial charge in [0, 0.05) is 16.1 Å². The number of halogens is 1. The molecule has 1 atom stereocenters. The SMILES string of the molecule is CCCC(N)c1c(C)c(Br)cc(C)c1OC. The van der Waals surface area contributed by atoms with E-state index in [1.807, 2.05) is 6.92 Å². The van der Waals surface area contributed by atoms with E-state index in [2.05, 4.69) is 35.8 Å². The fourth-order valence-electron chi connectivity index (χ4n) is 2.05. The molecule has 1 rings (SSSR count). The zero-order valence-electron chi connectivity index (χ0n) is 10.4. The van der Waals surface area contributed by atoms with Crippen molar-refractivity contribution in [1.82, 2.24) is 0 Å². The van der Waals surface area contributed by atoms with Crippen molar-refractivity contribution in [2.24, 2.45) is 5.73 Å². The molecular formula is C13H20BrNO. The zero-order chi connectivity index (χ0) is 12.3. The lowest BCUT2D eigenvalue weighted by atomic mass is 9.95. The van der Waals surface area contributed by atoms with E-state index in [-0.39, 0.29) is 6.04 Å². The van der Waals surface area contributed by atoms with Gasteiger partial charge in [-0.05, 0) is 37.5 Å². The molecule has 0 spiro atoms. The highest BCUT2D eigenvalue weighted by Crippen LogP contribution is 2.36. The third kappa shape index (κ3) is 2.58. The lowest BCUT2D eigenvalue weighted by molar-refractivity contribution is 0.400. The summed E-state index contributed by atoms with van der Waals surface area (Å²) in [7, 11) is 1.71. The van der Waals surface area contributed by atoms with Gasteiger partial charge in [-0.15, -0.1) is 0 Å². The van der Waals surface area contributed by atoms with Gasteiger partial charge < -0.3 is 10.5 Å². The quantitative estimate of drug-likeness (QED) is 0.911. The van der Waals surface area contributed by atoms with Crippen molar-refractivity contribution in [2.45, 2.75) is 39.7 Å². The molecule has 0 aliphatic heterocycles. The average Bonchev–Trinajstić information content (AvgIpc) is 2.23. The van der Waals surface area contributed by atoms with E-state index >= 15 is 0 Å². The molecule has 0 amide bonds. The first-order valence-electron chi connectivity index (χ1n) is 5.62. The minimum absolute atomic E-state index is 0.0520. The highest BCUT2D eigenvalue weighted by molar-refractivity contribution is 9.10. The van der Waals surface area contributed by atoms with Gasteiger partial charge in [-0.25, -0.2) is 0 Å². The Hall–Kier alpha value is -0.540. The van der Waals surface area contributed by atoms with E-state index in [9.17, 15) is 0 Å². The molecule has 2 N–H and O–H groups in total. The molecule has 0 aromatic heterocycles. The van der Waals surface area contributed by atoms with Crippen molar-refractivity contribution in [3.8, 4) is 5.75 Å². The number of benzene rings is 1. The lowest BCUT2D eigenvalue weighted by Crippen LogP contribution is -2.14. The second-order valence-corrected chi connectivity index (χ2v) is 5.00. The van der Waals surface area contributed by atoms with Crippen molar-refractivity contribution >= 4 is 15.9 Å². The summed E-state index contributed by atoms with van der Waals surface area (Å²) >= 11 is 3.57. The summed E-state index contributed by atoms with van der Waals surface area (Å²) < 4.78 is 6.58. The Kier molecular flexibility index (Phi) is 4.81. The molecule has 0 aliphatic rings. The van der Waals surface area contributed by atoms with Crippen LogP contribution in [0.3, 0.4) is 0 Å². The molecule has 2 nitrogen and oxygen atoms in total. The summed E-state index contributed by atoms with van der Waals surface area (Å²) in [4.78, 5) is 0. The molecule has 1 aromatic rings. The summed E-state index contributed by atoms with van der Waals surface area (Å²) in [5.41, 5.74) is 9.67. The summed E-state index contributed by atoms with van der Waals surface area (Å²) in [6, 6.07) is 2.13. The van der Waals surface area contributed by atoms with Gasteiger partial charge in [0.1, 0.15) is 5.75 Å². The minimum Gasteiger partial charge on any atom is -0.496 e. The second-order valence-electron chi connectivity index (χ2n) is 4.14. The molecule has 0 aliphatic carbocycles. The standard InChI is InChI=1S/C13H20BrNO/c1-5-6-11(15)12-9(3)10(14)7-8(2)13(12)16-4/h7,11H,5-6,15H2,1-4H3. The molecule has 0 saturated carbocycles. The van der Waals surface area contributed by atoms with Crippen LogP contribution >= 0.6 is 15.9 Å².